The number of aldehydes is 1. The van der Waals surface area contributed by atoms with Gasteiger partial charge in [0.25, 0.3) is 0 Å². The summed E-state index contributed by atoms with van der Waals surface area (Å²) in [5.41, 5.74) is 2.71. The molecule has 2 aromatic carbocycles. The smallest absolute Gasteiger partial charge is 0.132 e. The number of carbonyl (C=O) groups excluding carboxylic acids is 1. The maximum absolute atomic E-state index is 9.17. The minimum Gasteiger partial charge on any atom is -0.303 e. The van der Waals surface area contributed by atoms with Gasteiger partial charge in [0.1, 0.15) is 18.5 Å². The van der Waals surface area contributed by atoms with Crippen molar-refractivity contribution in [1.29, 1.82) is 0 Å². The molecule has 20 heavy (non-hydrogen) atoms. The molecule has 0 saturated carbocycles. The van der Waals surface area contributed by atoms with Gasteiger partial charge in [0, 0.05) is 12.0 Å². The summed E-state index contributed by atoms with van der Waals surface area (Å²) in [4.78, 5) is 9.17. The van der Waals surface area contributed by atoms with Gasteiger partial charge >= 0.3 is 0 Å². The summed E-state index contributed by atoms with van der Waals surface area (Å²) in [5, 5.41) is 0. The van der Waals surface area contributed by atoms with Gasteiger partial charge in [-0.05, 0) is 12.1 Å². The Hall–Kier alpha value is -1.93. The normalized spacial score (nSPS) is 10.3. The molecule has 0 aliphatic carbocycles. The lowest BCUT2D eigenvalue weighted by Gasteiger charge is -2.29. The minimum atomic E-state index is 0.639. The molecule has 0 radical (unpaired) electrons. The largest absolute Gasteiger partial charge is 0.303 e. The summed E-state index contributed by atoms with van der Waals surface area (Å²) in [7, 11) is 4.48. The van der Waals surface area contributed by atoms with Gasteiger partial charge in [-0.25, -0.2) is 0 Å². The molecule has 0 spiro atoms. The first-order valence-electron chi connectivity index (χ1n) is 6.96. The lowest BCUT2D eigenvalue weighted by Crippen LogP contribution is -2.39. The fraction of sp³-hybridized carbons (Fsp3) is 0.278. The van der Waals surface area contributed by atoms with Gasteiger partial charge in [0.2, 0.25) is 0 Å². The number of rotatable bonds is 4. The fourth-order valence-electron chi connectivity index (χ4n) is 1.96. The van der Waals surface area contributed by atoms with Gasteiger partial charge in [-0.1, -0.05) is 55.5 Å². The second-order valence-corrected chi connectivity index (χ2v) is 5.24. The zero-order valence-corrected chi connectivity index (χ0v) is 12.6. The molecule has 0 atom stereocenters. The molecule has 0 unspecified atom stereocenters. The number of hydrogen-bond donors (Lipinski definition) is 0. The van der Waals surface area contributed by atoms with E-state index in [1.165, 1.54) is 11.3 Å². The van der Waals surface area contributed by atoms with E-state index < -0.39 is 0 Å². The monoisotopic (exact) mass is 270 g/mol. The lowest BCUT2D eigenvalue weighted by molar-refractivity contribution is -0.107. The SMILES string of the molecule is CCC=O.C[N+](C)(Cc1ccccc1)c1ccccc1. The van der Waals surface area contributed by atoms with Crippen molar-refractivity contribution in [3.8, 4) is 0 Å². The summed E-state index contributed by atoms with van der Waals surface area (Å²) in [6, 6.07) is 21.2. The van der Waals surface area contributed by atoms with Crippen molar-refractivity contribution >= 4 is 12.0 Å². The Morgan fingerprint density at radius 3 is 1.80 bits per heavy atom. The van der Waals surface area contributed by atoms with Crippen molar-refractivity contribution < 1.29 is 4.79 Å². The highest BCUT2D eigenvalue weighted by molar-refractivity contribution is 5.48. The molecule has 2 nitrogen and oxygen atoms in total. The van der Waals surface area contributed by atoms with Gasteiger partial charge in [-0.2, -0.15) is 0 Å². The van der Waals surface area contributed by atoms with Crippen LogP contribution in [0.1, 0.15) is 18.9 Å². The van der Waals surface area contributed by atoms with Gasteiger partial charge in [0.15, 0.2) is 0 Å². The Labute approximate surface area is 122 Å². The van der Waals surface area contributed by atoms with Crippen LogP contribution in [-0.2, 0) is 11.3 Å². The molecule has 0 N–H and O–H groups in total. The minimum absolute atomic E-state index is 0.639. The van der Waals surface area contributed by atoms with Crippen LogP contribution in [0.5, 0.6) is 0 Å². The number of hydrogen-bond acceptors (Lipinski definition) is 1. The molecule has 0 heterocycles. The summed E-state index contributed by atoms with van der Waals surface area (Å²) in [5.74, 6) is 0. The molecule has 0 aliphatic heterocycles. The van der Waals surface area contributed by atoms with E-state index in [1.54, 1.807) is 0 Å². The van der Waals surface area contributed by atoms with Crippen molar-refractivity contribution in [3.63, 3.8) is 0 Å². The fourth-order valence-corrected chi connectivity index (χ4v) is 1.96. The molecular weight excluding hydrogens is 246 g/mol. The Morgan fingerprint density at radius 1 is 0.900 bits per heavy atom. The second-order valence-electron chi connectivity index (χ2n) is 5.24. The first-order chi connectivity index (χ1) is 9.60. The summed E-state index contributed by atoms with van der Waals surface area (Å²) in [6.07, 6.45) is 1.51. The summed E-state index contributed by atoms with van der Waals surface area (Å²) >= 11 is 0. The van der Waals surface area contributed by atoms with Crippen LogP contribution < -0.4 is 4.48 Å². The van der Waals surface area contributed by atoms with Gasteiger partial charge in [-0.15, -0.1) is 0 Å². The average molecular weight is 270 g/mol. The Morgan fingerprint density at radius 2 is 1.35 bits per heavy atom. The van der Waals surface area contributed by atoms with E-state index >= 15 is 0 Å². The van der Waals surface area contributed by atoms with Crippen LogP contribution in [0.4, 0.5) is 5.69 Å². The molecule has 0 bridgehead atoms. The topological polar surface area (TPSA) is 17.1 Å². The zero-order valence-electron chi connectivity index (χ0n) is 12.6. The quantitative estimate of drug-likeness (QED) is 0.605. The molecule has 2 rings (SSSR count). The van der Waals surface area contributed by atoms with Crippen molar-refractivity contribution in [2.45, 2.75) is 19.9 Å². The number of quaternary nitrogens is 1. The Kier molecular flexibility index (Phi) is 6.68. The first kappa shape index (κ1) is 16.1. The third-order valence-corrected chi connectivity index (χ3v) is 3.04. The average Bonchev–Trinajstić information content (AvgIpc) is 2.49. The highest BCUT2D eigenvalue weighted by Gasteiger charge is 2.18. The van der Waals surface area contributed by atoms with Gasteiger partial charge in [-0.3, -0.25) is 4.48 Å². The predicted octanol–water partition coefficient (Wildman–Crippen LogP) is 4.05. The number of para-hydroxylation sites is 1. The van der Waals surface area contributed by atoms with Crippen molar-refractivity contribution in [1.82, 2.24) is 4.48 Å². The van der Waals surface area contributed by atoms with Crippen LogP contribution in [0.25, 0.3) is 0 Å². The van der Waals surface area contributed by atoms with Crippen molar-refractivity contribution in [2.75, 3.05) is 14.1 Å². The highest BCUT2D eigenvalue weighted by Crippen LogP contribution is 2.21. The van der Waals surface area contributed by atoms with E-state index in [0.717, 1.165) is 17.3 Å². The van der Waals surface area contributed by atoms with E-state index in [2.05, 4.69) is 74.8 Å². The molecule has 2 aromatic rings. The molecule has 0 saturated heterocycles. The predicted molar refractivity (Wildman–Crippen MR) is 86.6 cm³/mol. The van der Waals surface area contributed by atoms with E-state index in [1.807, 2.05) is 6.92 Å². The molecular formula is C18H24NO+. The second kappa shape index (κ2) is 8.28. The van der Waals surface area contributed by atoms with Gasteiger partial charge < -0.3 is 4.79 Å². The van der Waals surface area contributed by atoms with E-state index in [0.29, 0.717) is 6.42 Å². The molecule has 0 aliphatic rings. The van der Waals surface area contributed by atoms with E-state index in [4.69, 9.17) is 0 Å². The standard InChI is InChI=1S/C15H18N.C3H6O/c1-16(2,15-11-7-4-8-12-15)13-14-9-5-3-6-10-14;1-2-3-4/h3-12H,13H2,1-2H3;3H,2H2,1H3/q+1;. The molecule has 0 aromatic heterocycles. The van der Waals surface area contributed by atoms with Crippen molar-refractivity contribution in [3.05, 3.63) is 66.2 Å². The third-order valence-electron chi connectivity index (χ3n) is 3.04. The van der Waals surface area contributed by atoms with E-state index in [9.17, 15) is 4.79 Å². The Bertz CT molecular complexity index is 491. The maximum atomic E-state index is 9.17. The van der Waals surface area contributed by atoms with Crippen LogP contribution in [-0.4, -0.2) is 20.4 Å². The number of nitrogens with zero attached hydrogens (tertiary/aromatic N) is 1. The van der Waals surface area contributed by atoms with E-state index in [-0.39, 0.29) is 0 Å². The number of benzene rings is 2. The Balaban J connectivity index is 0.000000444. The molecule has 2 heteroatoms. The molecule has 0 amide bonds. The third kappa shape index (κ3) is 5.37. The van der Waals surface area contributed by atoms with Crippen LogP contribution in [0.3, 0.4) is 0 Å². The van der Waals surface area contributed by atoms with Crippen molar-refractivity contribution in [2.24, 2.45) is 0 Å². The van der Waals surface area contributed by atoms with Crippen LogP contribution in [0.2, 0.25) is 0 Å². The van der Waals surface area contributed by atoms with Gasteiger partial charge in [0.05, 0.1) is 14.1 Å². The summed E-state index contributed by atoms with van der Waals surface area (Å²) < 4.78 is 0.880. The van der Waals surface area contributed by atoms with Crippen LogP contribution >= 0.6 is 0 Å². The zero-order chi connectivity index (χ0) is 14.8. The highest BCUT2D eigenvalue weighted by atomic mass is 16.1. The molecule has 0 fully saturated rings. The lowest BCUT2D eigenvalue weighted by atomic mass is 10.2. The number of carbonyl (C=O) groups is 1. The molecule has 106 valence electrons. The maximum Gasteiger partial charge on any atom is 0.132 e. The first-order valence-corrected chi connectivity index (χ1v) is 6.96. The van der Waals surface area contributed by atoms with Crippen LogP contribution in [0.15, 0.2) is 60.7 Å². The summed E-state index contributed by atoms with van der Waals surface area (Å²) in [6.45, 7) is 2.83. The van der Waals surface area contributed by atoms with Crippen LogP contribution in [0, 0.1) is 0 Å².